The van der Waals surface area contributed by atoms with Crippen molar-refractivity contribution in [2.24, 2.45) is 52.3 Å². The lowest BCUT2D eigenvalue weighted by atomic mass is 9.44. The molecule has 230 valence electrons. The summed E-state index contributed by atoms with van der Waals surface area (Å²) in [5.74, 6) is 2.54. The first-order valence-electron chi connectivity index (χ1n) is 16.7. The normalized spacial score (nSPS) is 48.0. The van der Waals surface area contributed by atoms with Crippen molar-refractivity contribution in [3.63, 3.8) is 0 Å². The van der Waals surface area contributed by atoms with Gasteiger partial charge in [-0.2, -0.15) is 0 Å². The fourth-order valence-corrected chi connectivity index (χ4v) is 11.2. The summed E-state index contributed by atoms with van der Waals surface area (Å²) in [4.78, 5) is 27.1. The van der Waals surface area contributed by atoms with E-state index in [4.69, 9.17) is 9.47 Å². The molecule has 6 fully saturated rings. The molecule has 0 aromatic heterocycles. The summed E-state index contributed by atoms with van der Waals surface area (Å²) in [6.07, 6.45) is 10.3. The average Bonchev–Trinajstić information content (AvgIpc) is 3.31. The predicted molar refractivity (Wildman–Crippen MR) is 159 cm³/mol. The van der Waals surface area contributed by atoms with Crippen LogP contribution in [0.15, 0.2) is 24.3 Å². The maximum Gasteiger partial charge on any atom is 0.319 e. The zero-order chi connectivity index (χ0) is 29.4. The summed E-state index contributed by atoms with van der Waals surface area (Å²) in [7, 11) is 0. The van der Waals surface area contributed by atoms with Gasteiger partial charge in [0.1, 0.15) is 11.6 Å². The number of fused-ring (bicyclic) bond motifs is 7. The largest absolute Gasteiger partial charge is 0.349 e. The van der Waals surface area contributed by atoms with E-state index < -0.39 is 5.79 Å². The van der Waals surface area contributed by atoms with Crippen LogP contribution in [-0.4, -0.2) is 36.4 Å². The van der Waals surface area contributed by atoms with Crippen molar-refractivity contribution < 1.29 is 23.5 Å². The minimum atomic E-state index is -0.511. The van der Waals surface area contributed by atoms with Gasteiger partial charge < -0.3 is 20.1 Å². The smallest absolute Gasteiger partial charge is 0.319 e. The molecule has 2 amide bonds. The molecule has 2 heterocycles. The number of carbonyl (C=O) groups excluding carboxylic acids is 2. The van der Waals surface area contributed by atoms with Gasteiger partial charge in [0.25, 0.3) is 0 Å². The van der Waals surface area contributed by atoms with Crippen LogP contribution < -0.4 is 10.6 Å². The number of halogens is 1. The molecule has 7 rings (SSSR count). The Morgan fingerprint density at radius 1 is 1.00 bits per heavy atom. The van der Waals surface area contributed by atoms with Gasteiger partial charge >= 0.3 is 6.03 Å². The van der Waals surface area contributed by atoms with Crippen molar-refractivity contribution in [2.45, 2.75) is 110 Å². The summed E-state index contributed by atoms with van der Waals surface area (Å²) in [5, 5.41) is 6.03. The molecule has 2 aliphatic heterocycles. The molecule has 7 heteroatoms. The second kappa shape index (κ2) is 10.3. The Bertz CT molecular complexity index is 1220. The molecule has 0 bridgehead atoms. The van der Waals surface area contributed by atoms with E-state index in [9.17, 15) is 14.0 Å². The first kappa shape index (κ1) is 28.8. The van der Waals surface area contributed by atoms with Crippen molar-refractivity contribution in [1.82, 2.24) is 5.32 Å². The van der Waals surface area contributed by atoms with E-state index in [-0.39, 0.29) is 46.7 Å². The molecule has 4 aliphatic carbocycles. The van der Waals surface area contributed by atoms with Gasteiger partial charge in [0, 0.05) is 41.8 Å². The number of benzene rings is 1. The lowest BCUT2D eigenvalue weighted by Crippen LogP contribution is -2.59. The SMILES string of the molecule is CC1CCC[C@@]2(OC1)O[C@H]1CC3[C@@H]4CCC5C[C@H](NC(=O)Nc6ccc(F)cc6)CC[C@]5(C)C4CC(=O)[C@]3(C)[C@H]1[C@@H]2C. The number of nitrogens with one attached hydrogen (secondary N) is 2. The van der Waals surface area contributed by atoms with Gasteiger partial charge in [0.15, 0.2) is 5.79 Å². The standard InChI is InChI=1S/C35H49FN2O4/c1-20-6-5-14-35(41-19-20)21(2)31-29(42-35)17-28-26-12-7-22-16-25(38-32(40)37-24-10-8-23(36)9-11-24)13-15-33(22,3)27(26)18-30(39)34(28,31)4/h8-11,20-22,25-29,31H,5-7,12-19H2,1-4H3,(H2,37,38,40)/t20?,21-,22?,25+,26+,27?,28?,29-,31-,33-,34+,35+/m0/s1. The monoisotopic (exact) mass is 580 g/mol. The van der Waals surface area contributed by atoms with Gasteiger partial charge in [0.2, 0.25) is 0 Å². The Balaban J connectivity index is 1.04. The maximum atomic E-state index is 14.4. The van der Waals surface area contributed by atoms with E-state index in [1.165, 1.54) is 25.0 Å². The van der Waals surface area contributed by atoms with E-state index in [1.54, 1.807) is 12.1 Å². The number of urea groups is 1. The minimum Gasteiger partial charge on any atom is -0.349 e. The highest BCUT2D eigenvalue weighted by atomic mass is 19.1. The molecule has 4 unspecified atom stereocenters. The first-order chi connectivity index (χ1) is 20.0. The van der Waals surface area contributed by atoms with Crippen LogP contribution in [-0.2, 0) is 14.3 Å². The summed E-state index contributed by atoms with van der Waals surface area (Å²) < 4.78 is 26.7. The molecule has 2 saturated heterocycles. The zero-order valence-electron chi connectivity index (χ0n) is 25.8. The van der Waals surface area contributed by atoms with E-state index in [2.05, 4.69) is 38.3 Å². The van der Waals surface area contributed by atoms with Gasteiger partial charge in [-0.15, -0.1) is 0 Å². The van der Waals surface area contributed by atoms with Crippen LogP contribution >= 0.6 is 0 Å². The van der Waals surface area contributed by atoms with Crippen LogP contribution in [0.1, 0.15) is 91.9 Å². The molecule has 42 heavy (non-hydrogen) atoms. The third-order valence-corrected chi connectivity index (χ3v) is 13.5. The van der Waals surface area contributed by atoms with E-state index in [0.29, 0.717) is 47.5 Å². The van der Waals surface area contributed by atoms with Crippen molar-refractivity contribution >= 4 is 17.5 Å². The Morgan fingerprint density at radius 2 is 1.79 bits per heavy atom. The summed E-state index contributed by atoms with van der Waals surface area (Å²) >= 11 is 0. The molecule has 6 nitrogen and oxygen atoms in total. The molecule has 0 radical (unpaired) electrons. The molecule has 4 saturated carbocycles. The molecule has 2 N–H and O–H groups in total. The number of Topliss-reactive ketones (excluding diaryl/α,β-unsaturated/α-hetero) is 1. The quantitative estimate of drug-likeness (QED) is 0.384. The van der Waals surface area contributed by atoms with Crippen LogP contribution in [0.2, 0.25) is 0 Å². The molecular weight excluding hydrogens is 531 g/mol. The summed E-state index contributed by atoms with van der Waals surface area (Å²) in [6.45, 7) is 10.1. The van der Waals surface area contributed by atoms with E-state index >= 15 is 0 Å². The number of carbonyl (C=O) groups is 2. The number of hydrogen-bond donors (Lipinski definition) is 2. The van der Waals surface area contributed by atoms with Crippen molar-refractivity contribution in [3.8, 4) is 0 Å². The van der Waals surface area contributed by atoms with Gasteiger partial charge in [-0.3, -0.25) is 4.79 Å². The number of ether oxygens (including phenoxy) is 2. The van der Waals surface area contributed by atoms with Crippen molar-refractivity contribution in [2.75, 3.05) is 11.9 Å². The van der Waals surface area contributed by atoms with Crippen LogP contribution in [0.3, 0.4) is 0 Å². The van der Waals surface area contributed by atoms with Crippen molar-refractivity contribution in [3.05, 3.63) is 30.1 Å². The van der Waals surface area contributed by atoms with Crippen LogP contribution in [0, 0.1) is 58.1 Å². The van der Waals surface area contributed by atoms with Crippen LogP contribution in [0.25, 0.3) is 0 Å². The highest BCUT2D eigenvalue weighted by molar-refractivity contribution is 5.89. The molecular formula is C35H49FN2O4. The topological polar surface area (TPSA) is 76.7 Å². The average molecular weight is 581 g/mol. The van der Waals surface area contributed by atoms with Gasteiger partial charge in [-0.25, -0.2) is 9.18 Å². The molecule has 1 spiro atoms. The number of rotatable bonds is 2. The minimum absolute atomic E-state index is 0.114. The number of ketones is 1. The Hall–Kier alpha value is -1.99. The molecule has 12 atom stereocenters. The van der Waals surface area contributed by atoms with Crippen LogP contribution in [0.5, 0.6) is 0 Å². The fraction of sp³-hybridized carbons (Fsp3) is 0.771. The summed E-state index contributed by atoms with van der Waals surface area (Å²) in [5.41, 5.74) is 0.387. The second-order valence-corrected chi connectivity index (χ2v) is 15.5. The van der Waals surface area contributed by atoms with Crippen LogP contribution in [0.4, 0.5) is 14.9 Å². The second-order valence-electron chi connectivity index (χ2n) is 15.5. The van der Waals surface area contributed by atoms with Gasteiger partial charge in [0.05, 0.1) is 12.7 Å². The lowest BCUT2D eigenvalue weighted by Gasteiger charge is -2.60. The summed E-state index contributed by atoms with van der Waals surface area (Å²) in [6, 6.07) is 5.74. The third-order valence-electron chi connectivity index (χ3n) is 13.5. The van der Waals surface area contributed by atoms with Crippen molar-refractivity contribution in [1.29, 1.82) is 0 Å². The Kier molecular flexibility index (Phi) is 7.05. The number of anilines is 1. The highest BCUT2D eigenvalue weighted by Gasteiger charge is 2.71. The highest BCUT2D eigenvalue weighted by Crippen LogP contribution is 2.70. The van der Waals surface area contributed by atoms with E-state index in [1.807, 2.05) is 0 Å². The maximum absolute atomic E-state index is 14.4. The Morgan fingerprint density at radius 3 is 2.57 bits per heavy atom. The lowest BCUT2D eigenvalue weighted by molar-refractivity contribution is -0.249. The first-order valence-corrected chi connectivity index (χ1v) is 16.7. The number of amides is 2. The van der Waals surface area contributed by atoms with Gasteiger partial charge in [-0.1, -0.05) is 27.7 Å². The van der Waals surface area contributed by atoms with Gasteiger partial charge in [-0.05, 0) is 111 Å². The third kappa shape index (κ3) is 4.38. The Labute approximate surface area is 250 Å². The number of hydrogen-bond acceptors (Lipinski definition) is 4. The zero-order valence-corrected chi connectivity index (χ0v) is 25.8. The molecule has 1 aromatic carbocycles. The predicted octanol–water partition coefficient (Wildman–Crippen LogP) is 7.33. The molecule has 1 aromatic rings. The van der Waals surface area contributed by atoms with E-state index in [0.717, 1.165) is 51.6 Å². The molecule has 6 aliphatic rings. The fourth-order valence-electron chi connectivity index (χ4n) is 11.2.